The number of nitrogens with one attached hydrogen (secondary N) is 1. The van der Waals surface area contributed by atoms with Gasteiger partial charge in [-0.25, -0.2) is 4.79 Å². The minimum atomic E-state index is -1.04. The number of fused-ring (bicyclic) bond motifs is 1. The van der Waals surface area contributed by atoms with E-state index in [0.717, 1.165) is 0 Å². The van der Waals surface area contributed by atoms with Gasteiger partial charge in [-0.3, -0.25) is 9.69 Å². The lowest BCUT2D eigenvalue weighted by molar-refractivity contribution is -0.140. The molecule has 0 bridgehead atoms. The maximum Gasteiger partial charge on any atom is 0.326 e. The molecule has 1 aliphatic rings. The highest BCUT2D eigenvalue weighted by Crippen LogP contribution is 2.42. The summed E-state index contributed by atoms with van der Waals surface area (Å²) in [6.45, 7) is 3.43. The van der Waals surface area contributed by atoms with Crippen LogP contribution in [0.4, 0.5) is 11.4 Å². The molecule has 2 unspecified atom stereocenters. The first-order chi connectivity index (χ1) is 10.4. The van der Waals surface area contributed by atoms with Crippen LogP contribution < -0.4 is 19.7 Å². The van der Waals surface area contributed by atoms with Crippen molar-refractivity contribution < 1.29 is 24.2 Å². The maximum atomic E-state index is 12.5. The highest BCUT2D eigenvalue weighted by Gasteiger charge is 2.38. The third kappa shape index (κ3) is 2.54. The van der Waals surface area contributed by atoms with Crippen molar-refractivity contribution in [3.8, 4) is 11.5 Å². The van der Waals surface area contributed by atoms with Crippen molar-refractivity contribution in [1.82, 2.24) is 0 Å². The molecule has 120 valence electrons. The van der Waals surface area contributed by atoms with Crippen LogP contribution in [0.2, 0.25) is 0 Å². The second kappa shape index (κ2) is 6.13. The van der Waals surface area contributed by atoms with Gasteiger partial charge in [-0.15, -0.1) is 0 Å². The number of amides is 1. The lowest BCUT2D eigenvalue weighted by Crippen LogP contribution is -2.53. The molecular weight excluding hydrogens is 288 g/mol. The molecular formula is C15H20N2O5. The van der Waals surface area contributed by atoms with Crippen LogP contribution in [0.25, 0.3) is 0 Å². The van der Waals surface area contributed by atoms with E-state index in [2.05, 4.69) is 5.32 Å². The largest absolute Gasteiger partial charge is 0.493 e. The molecule has 7 nitrogen and oxygen atoms in total. The number of ether oxygens (including phenoxy) is 2. The SMILES string of the molecule is CCC(C(=O)O)N1C(=O)C(C)Nc2cc(OC)c(OC)cc21. The van der Waals surface area contributed by atoms with Crippen LogP contribution in [-0.4, -0.2) is 43.3 Å². The fourth-order valence-electron chi connectivity index (χ4n) is 2.59. The Morgan fingerprint density at radius 1 is 1.36 bits per heavy atom. The molecule has 2 atom stereocenters. The van der Waals surface area contributed by atoms with E-state index >= 15 is 0 Å². The van der Waals surface area contributed by atoms with Gasteiger partial charge in [0.1, 0.15) is 12.1 Å². The van der Waals surface area contributed by atoms with Gasteiger partial charge in [0.05, 0.1) is 25.6 Å². The zero-order valence-corrected chi connectivity index (χ0v) is 13.0. The summed E-state index contributed by atoms with van der Waals surface area (Å²) in [6, 6.07) is 1.89. The molecule has 0 saturated heterocycles. The van der Waals surface area contributed by atoms with Crippen molar-refractivity contribution in [3.05, 3.63) is 12.1 Å². The maximum absolute atomic E-state index is 12.5. The summed E-state index contributed by atoms with van der Waals surface area (Å²) in [4.78, 5) is 25.3. The molecule has 0 aliphatic carbocycles. The van der Waals surface area contributed by atoms with E-state index in [9.17, 15) is 14.7 Å². The number of methoxy groups -OCH3 is 2. The quantitative estimate of drug-likeness (QED) is 0.861. The minimum Gasteiger partial charge on any atom is -0.493 e. The molecule has 7 heteroatoms. The van der Waals surface area contributed by atoms with E-state index in [1.165, 1.54) is 19.1 Å². The predicted octanol–water partition coefficient (Wildman–Crippen LogP) is 1.71. The summed E-state index contributed by atoms with van der Waals surface area (Å²) >= 11 is 0. The second-order valence-corrected chi connectivity index (χ2v) is 5.06. The molecule has 2 N–H and O–H groups in total. The van der Waals surface area contributed by atoms with Crippen LogP contribution in [0.1, 0.15) is 20.3 Å². The molecule has 1 aliphatic heterocycles. The fraction of sp³-hybridized carbons (Fsp3) is 0.467. The molecule has 1 amide bonds. The molecule has 0 spiro atoms. The smallest absolute Gasteiger partial charge is 0.326 e. The van der Waals surface area contributed by atoms with Gasteiger partial charge >= 0.3 is 5.97 Å². The van der Waals surface area contributed by atoms with E-state index in [0.29, 0.717) is 29.3 Å². The summed E-state index contributed by atoms with van der Waals surface area (Å²) in [6.07, 6.45) is 0.307. The van der Waals surface area contributed by atoms with E-state index in [1.807, 2.05) is 0 Å². The number of hydrogen-bond acceptors (Lipinski definition) is 5. The minimum absolute atomic E-state index is 0.283. The number of carboxylic acid groups (broad SMARTS) is 1. The van der Waals surface area contributed by atoms with Crippen molar-refractivity contribution in [2.75, 3.05) is 24.4 Å². The molecule has 0 fully saturated rings. The van der Waals surface area contributed by atoms with Gasteiger partial charge in [-0.2, -0.15) is 0 Å². The Hall–Kier alpha value is -2.44. The zero-order valence-electron chi connectivity index (χ0n) is 13.0. The molecule has 0 saturated carbocycles. The lowest BCUT2D eigenvalue weighted by atomic mass is 10.0. The molecule has 0 aromatic heterocycles. The van der Waals surface area contributed by atoms with Crippen LogP contribution in [-0.2, 0) is 9.59 Å². The molecule has 2 rings (SSSR count). The monoisotopic (exact) mass is 308 g/mol. The first kappa shape index (κ1) is 15.9. The van der Waals surface area contributed by atoms with Crippen LogP contribution >= 0.6 is 0 Å². The third-order valence-electron chi connectivity index (χ3n) is 3.72. The Labute approximate surface area is 128 Å². The Morgan fingerprint density at radius 2 is 1.95 bits per heavy atom. The van der Waals surface area contributed by atoms with Crippen molar-refractivity contribution in [2.45, 2.75) is 32.4 Å². The normalized spacial score (nSPS) is 18.3. The van der Waals surface area contributed by atoms with Gasteiger partial charge in [-0.1, -0.05) is 6.92 Å². The number of nitrogens with zero attached hydrogens (tertiary/aromatic N) is 1. The van der Waals surface area contributed by atoms with Crippen LogP contribution in [0.15, 0.2) is 12.1 Å². The zero-order chi connectivity index (χ0) is 16.4. The third-order valence-corrected chi connectivity index (χ3v) is 3.72. The first-order valence-electron chi connectivity index (χ1n) is 7.03. The first-order valence-corrected chi connectivity index (χ1v) is 7.03. The van der Waals surface area contributed by atoms with Gasteiger partial charge in [0.2, 0.25) is 5.91 Å². The number of anilines is 2. The van der Waals surface area contributed by atoms with E-state index in [4.69, 9.17) is 9.47 Å². The number of benzene rings is 1. The summed E-state index contributed by atoms with van der Waals surface area (Å²) < 4.78 is 10.5. The molecule has 1 aromatic rings. The average molecular weight is 308 g/mol. The number of aliphatic carboxylic acids is 1. The Balaban J connectivity index is 2.61. The predicted molar refractivity (Wildman–Crippen MR) is 81.8 cm³/mol. The Kier molecular flexibility index (Phi) is 4.44. The van der Waals surface area contributed by atoms with Crippen LogP contribution in [0, 0.1) is 0 Å². The van der Waals surface area contributed by atoms with Gasteiger partial charge in [0.25, 0.3) is 0 Å². The van der Waals surface area contributed by atoms with Gasteiger partial charge in [-0.05, 0) is 13.3 Å². The molecule has 1 aromatic carbocycles. The lowest BCUT2D eigenvalue weighted by Gasteiger charge is -2.37. The topological polar surface area (TPSA) is 88.1 Å². The average Bonchev–Trinajstić information content (AvgIpc) is 2.50. The van der Waals surface area contributed by atoms with Crippen molar-refractivity contribution >= 4 is 23.3 Å². The standard InChI is InChI=1S/C15H20N2O5/c1-5-10(15(19)20)17-11-7-13(22-4)12(21-3)6-9(11)16-8(2)14(17)18/h6-8,10,16H,5H2,1-4H3,(H,19,20). The number of carbonyl (C=O) groups excluding carboxylic acids is 1. The summed E-state index contributed by atoms with van der Waals surface area (Å²) in [5.74, 6) is -0.367. The van der Waals surface area contributed by atoms with Gasteiger partial charge < -0.3 is 19.9 Å². The second-order valence-electron chi connectivity index (χ2n) is 5.06. The number of hydrogen-bond donors (Lipinski definition) is 2. The summed E-state index contributed by atoms with van der Waals surface area (Å²) in [5, 5.41) is 12.5. The van der Waals surface area contributed by atoms with Crippen molar-refractivity contribution in [2.24, 2.45) is 0 Å². The summed E-state index contributed by atoms with van der Waals surface area (Å²) in [7, 11) is 3.01. The molecule has 22 heavy (non-hydrogen) atoms. The van der Waals surface area contributed by atoms with Gasteiger partial charge in [0.15, 0.2) is 11.5 Å². The number of carboxylic acids is 1. The number of rotatable bonds is 5. The van der Waals surface area contributed by atoms with Crippen LogP contribution in [0.5, 0.6) is 11.5 Å². The molecule has 0 radical (unpaired) electrons. The van der Waals surface area contributed by atoms with E-state index in [-0.39, 0.29) is 5.91 Å². The van der Waals surface area contributed by atoms with E-state index in [1.54, 1.807) is 26.0 Å². The van der Waals surface area contributed by atoms with Gasteiger partial charge in [0, 0.05) is 12.1 Å². The highest BCUT2D eigenvalue weighted by molar-refractivity contribution is 6.08. The van der Waals surface area contributed by atoms with Crippen molar-refractivity contribution in [1.29, 1.82) is 0 Å². The Bertz CT molecular complexity index is 602. The number of carbonyl (C=O) groups is 2. The Morgan fingerprint density at radius 3 is 2.45 bits per heavy atom. The molecule has 1 heterocycles. The summed E-state index contributed by atoms with van der Waals surface area (Å²) in [5.41, 5.74) is 1.12. The fourth-order valence-corrected chi connectivity index (χ4v) is 2.59. The van der Waals surface area contributed by atoms with Crippen molar-refractivity contribution in [3.63, 3.8) is 0 Å². The van der Waals surface area contributed by atoms with E-state index < -0.39 is 18.1 Å². The van der Waals surface area contributed by atoms with Crippen LogP contribution in [0.3, 0.4) is 0 Å². The highest BCUT2D eigenvalue weighted by atomic mass is 16.5.